The third-order valence-electron chi connectivity index (χ3n) is 3.23. The van der Waals surface area contributed by atoms with Crippen LogP contribution in [0.3, 0.4) is 0 Å². The van der Waals surface area contributed by atoms with Crippen molar-refractivity contribution in [2.45, 2.75) is 50.8 Å². The van der Waals surface area contributed by atoms with Crippen LogP contribution in [-0.2, 0) is 9.84 Å². The summed E-state index contributed by atoms with van der Waals surface area (Å²) in [7, 11) is -2.84. The minimum Gasteiger partial charge on any atom is -0.298 e. The number of hydrogen-bond donors (Lipinski definition) is 0. The van der Waals surface area contributed by atoms with Crippen LogP contribution in [0.2, 0.25) is 0 Å². The first-order valence-electron chi connectivity index (χ1n) is 5.65. The van der Waals surface area contributed by atoms with E-state index in [0.717, 1.165) is 32.4 Å². The summed E-state index contributed by atoms with van der Waals surface area (Å²) >= 11 is 0. The molecule has 0 N–H and O–H groups in total. The van der Waals surface area contributed by atoms with E-state index in [-0.39, 0.29) is 10.8 Å². The van der Waals surface area contributed by atoms with Gasteiger partial charge in [0.1, 0.15) is 9.84 Å². The van der Waals surface area contributed by atoms with Gasteiger partial charge in [0.15, 0.2) is 0 Å². The monoisotopic (exact) mass is 233 g/mol. The standard InChI is InChI=1S/C11H23NO2S/c1-11(2,3)12-8-5-6-10(7-9-12)15(4,13)14/h10H,5-9H2,1-4H3. The molecule has 3 nitrogen and oxygen atoms in total. The minimum absolute atomic E-state index is 0.121. The molecule has 1 rings (SSSR count). The van der Waals surface area contributed by atoms with E-state index in [9.17, 15) is 8.42 Å². The molecular formula is C11H23NO2S. The average molecular weight is 233 g/mol. The summed E-state index contributed by atoms with van der Waals surface area (Å²) in [6, 6.07) is 0. The van der Waals surface area contributed by atoms with E-state index >= 15 is 0 Å². The quantitative estimate of drug-likeness (QED) is 0.691. The van der Waals surface area contributed by atoms with Crippen LogP contribution >= 0.6 is 0 Å². The molecular weight excluding hydrogens is 210 g/mol. The zero-order valence-corrected chi connectivity index (χ0v) is 11.1. The first-order chi connectivity index (χ1) is 6.71. The lowest BCUT2D eigenvalue weighted by Crippen LogP contribution is -2.42. The first-order valence-corrected chi connectivity index (χ1v) is 7.60. The van der Waals surface area contributed by atoms with Crippen molar-refractivity contribution in [3.8, 4) is 0 Å². The van der Waals surface area contributed by atoms with Gasteiger partial charge in [0.25, 0.3) is 0 Å². The van der Waals surface area contributed by atoms with Gasteiger partial charge in [0, 0.05) is 11.8 Å². The van der Waals surface area contributed by atoms with Gasteiger partial charge < -0.3 is 0 Å². The van der Waals surface area contributed by atoms with Crippen molar-refractivity contribution in [2.75, 3.05) is 19.3 Å². The van der Waals surface area contributed by atoms with Crippen LogP contribution in [0.5, 0.6) is 0 Å². The van der Waals surface area contributed by atoms with E-state index in [4.69, 9.17) is 0 Å². The summed E-state index contributed by atoms with van der Waals surface area (Å²) in [6.45, 7) is 8.49. The predicted octanol–water partition coefficient (Wildman–Crippen LogP) is 1.68. The van der Waals surface area contributed by atoms with Crippen molar-refractivity contribution < 1.29 is 8.42 Å². The second kappa shape index (κ2) is 4.42. The zero-order chi connectivity index (χ0) is 11.7. The molecule has 1 atom stereocenters. The molecule has 0 saturated carbocycles. The Morgan fingerprint density at radius 1 is 1.13 bits per heavy atom. The molecule has 0 aromatic heterocycles. The molecule has 0 bridgehead atoms. The number of sulfone groups is 1. The Kier molecular flexibility index (Phi) is 3.82. The SMILES string of the molecule is CC(C)(C)N1CCCC(S(C)(=O)=O)CC1. The fourth-order valence-electron chi connectivity index (χ4n) is 2.16. The Balaban J connectivity index is 2.65. The van der Waals surface area contributed by atoms with E-state index in [1.807, 2.05) is 0 Å². The van der Waals surface area contributed by atoms with Gasteiger partial charge in [0.2, 0.25) is 0 Å². The van der Waals surface area contributed by atoms with E-state index in [0.29, 0.717) is 0 Å². The van der Waals surface area contributed by atoms with Crippen LogP contribution in [0, 0.1) is 0 Å². The van der Waals surface area contributed by atoms with Crippen LogP contribution < -0.4 is 0 Å². The number of hydrogen-bond acceptors (Lipinski definition) is 3. The molecule has 0 aliphatic carbocycles. The predicted molar refractivity (Wildman–Crippen MR) is 63.8 cm³/mol. The topological polar surface area (TPSA) is 37.4 Å². The van der Waals surface area contributed by atoms with Gasteiger partial charge in [-0.15, -0.1) is 0 Å². The molecule has 0 radical (unpaired) electrons. The third kappa shape index (κ3) is 3.76. The van der Waals surface area contributed by atoms with Crippen molar-refractivity contribution in [1.29, 1.82) is 0 Å². The smallest absolute Gasteiger partial charge is 0.150 e. The van der Waals surface area contributed by atoms with Crippen LogP contribution in [-0.4, -0.2) is 43.5 Å². The van der Waals surface area contributed by atoms with Crippen LogP contribution in [0.25, 0.3) is 0 Å². The second-order valence-corrected chi connectivity index (χ2v) is 7.87. The van der Waals surface area contributed by atoms with Gasteiger partial charge in [-0.25, -0.2) is 8.42 Å². The number of likely N-dealkylation sites (tertiary alicyclic amines) is 1. The lowest BCUT2D eigenvalue weighted by molar-refractivity contribution is 0.143. The Morgan fingerprint density at radius 2 is 1.73 bits per heavy atom. The van der Waals surface area contributed by atoms with Gasteiger partial charge in [-0.3, -0.25) is 4.90 Å². The summed E-state index contributed by atoms with van der Waals surface area (Å²) in [6.07, 6.45) is 3.97. The van der Waals surface area contributed by atoms with Gasteiger partial charge in [-0.05, 0) is 53.1 Å². The molecule has 0 aromatic rings. The molecule has 0 aromatic carbocycles. The Bertz CT molecular complexity index is 303. The van der Waals surface area contributed by atoms with Crippen molar-refractivity contribution in [3.63, 3.8) is 0 Å². The van der Waals surface area contributed by atoms with E-state index in [1.165, 1.54) is 6.26 Å². The summed E-state index contributed by atoms with van der Waals surface area (Å²) < 4.78 is 23.0. The molecule has 1 fully saturated rings. The van der Waals surface area contributed by atoms with Crippen molar-refractivity contribution in [3.05, 3.63) is 0 Å². The Hall–Kier alpha value is -0.0900. The largest absolute Gasteiger partial charge is 0.298 e. The molecule has 4 heteroatoms. The number of nitrogens with zero attached hydrogens (tertiary/aromatic N) is 1. The Morgan fingerprint density at radius 3 is 2.20 bits per heavy atom. The van der Waals surface area contributed by atoms with Crippen LogP contribution in [0.1, 0.15) is 40.0 Å². The lowest BCUT2D eigenvalue weighted by atomic mass is 10.1. The summed E-state index contributed by atoms with van der Waals surface area (Å²) in [4.78, 5) is 2.39. The fraction of sp³-hybridized carbons (Fsp3) is 1.00. The van der Waals surface area contributed by atoms with E-state index < -0.39 is 9.84 Å². The van der Waals surface area contributed by atoms with Gasteiger partial charge >= 0.3 is 0 Å². The molecule has 1 unspecified atom stereocenters. The summed E-state index contributed by atoms with van der Waals surface area (Å²) in [5, 5.41) is -0.121. The molecule has 1 heterocycles. The van der Waals surface area contributed by atoms with Crippen molar-refractivity contribution >= 4 is 9.84 Å². The highest BCUT2D eigenvalue weighted by atomic mass is 32.2. The second-order valence-electron chi connectivity index (χ2n) is 5.54. The van der Waals surface area contributed by atoms with E-state index in [1.54, 1.807) is 0 Å². The minimum atomic E-state index is -2.84. The molecule has 0 spiro atoms. The van der Waals surface area contributed by atoms with Crippen molar-refractivity contribution in [2.24, 2.45) is 0 Å². The maximum Gasteiger partial charge on any atom is 0.150 e. The Labute approximate surface area is 93.8 Å². The lowest BCUT2D eigenvalue weighted by Gasteiger charge is -2.34. The summed E-state index contributed by atoms with van der Waals surface area (Å²) in [5.74, 6) is 0. The van der Waals surface area contributed by atoms with Gasteiger partial charge in [-0.1, -0.05) is 0 Å². The highest BCUT2D eigenvalue weighted by molar-refractivity contribution is 7.91. The van der Waals surface area contributed by atoms with Crippen molar-refractivity contribution in [1.82, 2.24) is 4.90 Å². The number of rotatable bonds is 1. The molecule has 0 amide bonds. The fourth-order valence-corrected chi connectivity index (χ4v) is 3.29. The summed E-state index contributed by atoms with van der Waals surface area (Å²) in [5.41, 5.74) is 0.159. The molecule has 1 aliphatic heterocycles. The molecule has 15 heavy (non-hydrogen) atoms. The van der Waals surface area contributed by atoms with Gasteiger partial charge in [0.05, 0.1) is 5.25 Å². The van der Waals surface area contributed by atoms with E-state index in [2.05, 4.69) is 25.7 Å². The maximum atomic E-state index is 11.5. The third-order valence-corrected chi connectivity index (χ3v) is 4.91. The average Bonchev–Trinajstić information content (AvgIpc) is 2.24. The van der Waals surface area contributed by atoms with Crippen LogP contribution in [0.4, 0.5) is 0 Å². The first kappa shape index (κ1) is 13.0. The van der Waals surface area contributed by atoms with Gasteiger partial charge in [-0.2, -0.15) is 0 Å². The van der Waals surface area contributed by atoms with Crippen LogP contribution in [0.15, 0.2) is 0 Å². The zero-order valence-electron chi connectivity index (χ0n) is 10.3. The molecule has 1 aliphatic rings. The highest BCUT2D eigenvalue weighted by Gasteiger charge is 2.28. The normalized spacial score (nSPS) is 26.3. The molecule has 90 valence electrons. The maximum absolute atomic E-state index is 11.5. The molecule has 1 saturated heterocycles. The highest BCUT2D eigenvalue weighted by Crippen LogP contribution is 2.22.